The number of rotatable bonds is 10. The van der Waals surface area contributed by atoms with Gasteiger partial charge in [0.2, 0.25) is 5.91 Å². The fourth-order valence-electron chi connectivity index (χ4n) is 5.33. The van der Waals surface area contributed by atoms with Crippen LogP contribution < -0.4 is 15.7 Å². The zero-order valence-electron chi connectivity index (χ0n) is 28.5. The number of carbonyl (C=O) groups excluding carboxylic acids is 2. The van der Waals surface area contributed by atoms with Crippen LogP contribution in [0.25, 0.3) is 10.8 Å². The Morgan fingerprint density at radius 2 is 1.67 bits per heavy atom. The van der Waals surface area contributed by atoms with Gasteiger partial charge in [0.1, 0.15) is 11.6 Å². The number of nitrogens with one attached hydrogen (secondary N) is 2. The summed E-state index contributed by atoms with van der Waals surface area (Å²) in [4.78, 5) is 37.9. The average molecular weight is 673 g/mol. The van der Waals surface area contributed by atoms with E-state index in [0.717, 1.165) is 35.1 Å². The molecule has 1 aromatic heterocycles. The van der Waals surface area contributed by atoms with Crippen LogP contribution in [0.4, 0.5) is 16.3 Å². The molecular formula is C37H44N4O6S. The van der Waals surface area contributed by atoms with Crippen molar-refractivity contribution in [3.8, 4) is 0 Å². The number of sulfone groups is 1. The second-order valence-electron chi connectivity index (χ2n) is 14.2. The Morgan fingerprint density at radius 3 is 2.33 bits per heavy atom. The molecule has 1 fully saturated rings. The van der Waals surface area contributed by atoms with E-state index in [4.69, 9.17) is 9.57 Å². The first kappa shape index (κ1) is 34.8. The summed E-state index contributed by atoms with van der Waals surface area (Å²) in [6, 6.07) is 21.2. The first-order valence-corrected chi connectivity index (χ1v) is 17.9. The minimum atomic E-state index is -3.48. The SMILES string of the molecule is CC(C)(C)OC(=O)N(OC(C)(C)C)c1nccc2cc(NC(C(=O)NCc3ccccc3S(C)(=O)=O)c3cccc(C4CC4)c3)ccc12. The number of hydrogen-bond donors (Lipinski definition) is 2. The normalized spacial score (nSPS) is 14.3. The molecule has 1 unspecified atom stereocenters. The summed E-state index contributed by atoms with van der Waals surface area (Å²) in [6.45, 7) is 10.9. The van der Waals surface area contributed by atoms with Crippen molar-refractivity contribution in [3.63, 3.8) is 0 Å². The van der Waals surface area contributed by atoms with E-state index in [0.29, 0.717) is 22.6 Å². The van der Waals surface area contributed by atoms with Crippen molar-refractivity contribution < 1.29 is 27.6 Å². The van der Waals surface area contributed by atoms with E-state index < -0.39 is 33.2 Å². The van der Waals surface area contributed by atoms with E-state index in [1.165, 1.54) is 5.56 Å². The van der Waals surface area contributed by atoms with Gasteiger partial charge < -0.3 is 15.4 Å². The Bertz CT molecular complexity index is 1930. The van der Waals surface area contributed by atoms with Gasteiger partial charge in [0, 0.05) is 30.1 Å². The van der Waals surface area contributed by atoms with E-state index in [9.17, 15) is 18.0 Å². The maximum atomic E-state index is 13.9. The van der Waals surface area contributed by atoms with Crippen LogP contribution in [0.1, 0.15) is 83.0 Å². The summed E-state index contributed by atoms with van der Waals surface area (Å²) < 4.78 is 30.4. The van der Waals surface area contributed by atoms with Gasteiger partial charge in [-0.2, -0.15) is 0 Å². The molecule has 254 valence electrons. The van der Waals surface area contributed by atoms with E-state index in [-0.39, 0.29) is 23.2 Å². The number of hydroxylamine groups is 1. The molecular weight excluding hydrogens is 628 g/mol. The lowest BCUT2D eigenvalue weighted by Gasteiger charge is -2.31. The molecule has 10 nitrogen and oxygen atoms in total. The van der Waals surface area contributed by atoms with Crippen LogP contribution in [0.2, 0.25) is 0 Å². The van der Waals surface area contributed by atoms with Gasteiger partial charge in [0.25, 0.3) is 0 Å². The molecule has 1 atom stereocenters. The second kappa shape index (κ2) is 13.6. The van der Waals surface area contributed by atoms with Gasteiger partial charge in [0.05, 0.1) is 10.5 Å². The Kier molecular flexibility index (Phi) is 9.84. The zero-order valence-corrected chi connectivity index (χ0v) is 29.4. The first-order chi connectivity index (χ1) is 22.5. The highest BCUT2D eigenvalue weighted by Gasteiger charge is 2.31. The predicted molar refractivity (Wildman–Crippen MR) is 187 cm³/mol. The number of hydrogen-bond acceptors (Lipinski definition) is 8. The van der Waals surface area contributed by atoms with Gasteiger partial charge in [-0.1, -0.05) is 42.5 Å². The van der Waals surface area contributed by atoms with Crippen LogP contribution in [0.15, 0.2) is 83.9 Å². The third-order valence-corrected chi connectivity index (χ3v) is 8.75. The van der Waals surface area contributed by atoms with E-state index >= 15 is 0 Å². The lowest BCUT2D eigenvalue weighted by Crippen LogP contribution is -2.42. The van der Waals surface area contributed by atoms with Gasteiger partial charge in [-0.25, -0.2) is 18.2 Å². The Balaban J connectivity index is 1.47. The lowest BCUT2D eigenvalue weighted by molar-refractivity contribution is -0.122. The summed E-state index contributed by atoms with van der Waals surface area (Å²) in [5, 5.41) is 8.86. The predicted octanol–water partition coefficient (Wildman–Crippen LogP) is 7.46. The number of amides is 2. The third-order valence-electron chi connectivity index (χ3n) is 7.55. The monoisotopic (exact) mass is 672 g/mol. The smallest absolute Gasteiger partial charge is 0.440 e. The first-order valence-electron chi connectivity index (χ1n) is 16.0. The highest BCUT2D eigenvalue weighted by Crippen LogP contribution is 2.41. The highest BCUT2D eigenvalue weighted by atomic mass is 32.2. The zero-order chi connectivity index (χ0) is 34.9. The summed E-state index contributed by atoms with van der Waals surface area (Å²) in [5.41, 5.74) is 1.67. The number of benzene rings is 3. The number of pyridine rings is 1. The van der Waals surface area contributed by atoms with Gasteiger partial charge in [-0.05, 0) is 113 Å². The van der Waals surface area contributed by atoms with Crippen LogP contribution in [0.3, 0.4) is 0 Å². The largest absolute Gasteiger partial charge is 0.442 e. The quantitative estimate of drug-likeness (QED) is 0.166. The van der Waals surface area contributed by atoms with Crippen LogP contribution in [-0.4, -0.2) is 42.9 Å². The number of fused-ring (bicyclic) bond motifs is 1. The molecule has 0 bridgehead atoms. The standard InChI is InChI=1S/C37H44N4O6S/c1-36(2,3)46-35(43)41(47-37(4,5)6)33-30-18-17-29(22-26(30)19-20-38-33)40-32(27-13-10-12-25(21-27)24-15-16-24)34(42)39-23-28-11-8-9-14-31(28)48(7,44)45/h8-14,17-22,24,32,40H,15-16,23H2,1-7H3,(H,39,42). The van der Waals surface area contributed by atoms with Crippen molar-refractivity contribution in [1.29, 1.82) is 0 Å². The maximum Gasteiger partial charge on any atom is 0.440 e. The highest BCUT2D eigenvalue weighted by molar-refractivity contribution is 7.90. The van der Waals surface area contributed by atoms with Gasteiger partial charge in [-0.15, -0.1) is 5.06 Å². The number of anilines is 2. The van der Waals surface area contributed by atoms with Gasteiger partial charge >= 0.3 is 6.09 Å². The van der Waals surface area contributed by atoms with E-state index in [1.807, 2.05) is 57.2 Å². The molecule has 0 saturated heterocycles. The lowest BCUT2D eigenvalue weighted by atomic mass is 10.00. The molecule has 2 N–H and O–H groups in total. The van der Waals surface area contributed by atoms with Crippen LogP contribution in [0.5, 0.6) is 0 Å². The van der Waals surface area contributed by atoms with Gasteiger partial charge in [0.15, 0.2) is 15.7 Å². The molecule has 0 radical (unpaired) electrons. The second-order valence-corrected chi connectivity index (χ2v) is 16.2. The third kappa shape index (κ3) is 8.90. The molecule has 5 rings (SSSR count). The molecule has 3 aromatic carbocycles. The molecule has 0 aliphatic heterocycles. The molecule has 0 spiro atoms. The van der Waals surface area contributed by atoms with Crippen LogP contribution in [-0.2, 0) is 30.8 Å². The Hall–Kier alpha value is -4.48. The maximum absolute atomic E-state index is 13.9. The Morgan fingerprint density at radius 1 is 0.938 bits per heavy atom. The molecule has 1 aliphatic rings. The van der Waals surface area contributed by atoms with Crippen molar-refractivity contribution in [3.05, 3.63) is 95.7 Å². The summed E-state index contributed by atoms with van der Waals surface area (Å²) >= 11 is 0. The number of ether oxygens (including phenoxy) is 1. The van der Waals surface area contributed by atoms with Crippen LogP contribution >= 0.6 is 0 Å². The summed E-state index contributed by atoms with van der Waals surface area (Å²) in [6.07, 6.45) is 4.30. The summed E-state index contributed by atoms with van der Waals surface area (Å²) in [7, 11) is -3.48. The van der Waals surface area contributed by atoms with Crippen molar-refractivity contribution in [1.82, 2.24) is 10.3 Å². The molecule has 2 amide bonds. The average Bonchev–Trinajstić information content (AvgIpc) is 3.85. The number of nitrogens with zero attached hydrogens (tertiary/aromatic N) is 2. The van der Waals surface area contributed by atoms with E-state index in [1.54, 1.807) is 51.2 Å². The fraction of sp³-hybridized carbons (Fsp3) is 0.378. The van der Waals surface area contributed by atoms with Crippen molar-refractivity contribution in [2.75, 3.05) is 16.6 Å². The van der Waals surface area contributed by atoms with Crippen molar-refractivity contribution in [2.24, 2.45) is 0 Å². The van der Waals surface area contributed by atoms with Crippen molar-refractivity contribution >= 4 is 44.1 Å². The topological polar surface area (TPSA) is 127 Å². The number of carbonyl (C=O) groups is 2. The molecule has 1 aliphatic carbocycles. The van der Waals surface area contributed by atoms with E-state index in [2.05, 4.69) is 27.8 Å². The molecule has 11 heteroatoms. The van der Waals surface area contributed by atoms with Crippen molar-refractivity contribution in [2.45, 2.75) is 89.0 Å². The molecule has 48 heavy (non-hydrogen) atoms. The number of aromatic nitrogens is 1. The van der Waals surface area contributed by atoms with Gasteiger partial charge in [-0.3, -0.25) is 9.63 Å². The molecule has 1 saturated carbocycles. The fourth-order valence-corrected chi connectivity index (χ4v) is 6.27. The molecule has 1 heterocycles. The van der Waals surface area contributed by atoms with Crippen LogP contribution in [0, 0.1) is 0 Å². The minimum Gasteiger partial charge on any atom is -0.442 e. The Labute approximate surface area is 282 Å². The summed E-state index contributed by atoms with van der Waals surface area (Å²) in [5.74, 6) is 0.459. The minimum absolute atomic E-state index is 0.0452. The molecule has 4 aromatic rings.